The molecule has 1 aromatic heterocycles. The van der Waals surface area contributed by atoms with Crippen molar-refractivity contribution in [2.75, 3.05) is 6.54 Å². The summed E-state index contributed by atoms with van der Waals surface area (Å²) < 4.78 is 0. The summed E-state index contributed by atoms with van der Waals surface area (Å²) in [7, 11) is 0. The van der Waals surface area contributed by atoms with Crippen LogP contribution in [0.4, 0.5) is 4.79 Å². The Bertz CT molecular complexity index is 250. The zero-order chi connectivity index (χ0) is 8.81. The van der Waals surface area contributed by atoms with E-state index in [9.17, 15) is 4.79 Å². The van der Waals surface area contributed by atoms with Crippen LogP contribution in [0.1, 0.15) is 5.56 Å². The molecule has 0 aliphatic heterocycles. The molecule has 0 bridgehead atoms. The van der Waals surface area contributed by atoms with E-state index in [4.69, 9.17) is 0 Å². The summed E-state index contributed by atoms with van der Waals surface area (Å²) >= 11 is 2.79. The number of halogens is 1. The summed E-state index contributed by atoms with van der Waals surface area (Å²) in [6.45, 7) is 0.647. The van der Waals surface area contributed by atoms with Crippen molar-refractivity contribution >= 4 is 20.7 Å². The molecule has 0 spiro atoms. The molecule has 1 amide bonds. The molecule has 1 rings (SSSR count). The fourth-order valence-electron chi connectivity index (χ4n) is 0.855. The molecule has 1 N–H and O–H groups in total. The molecule has 64 valence electrons. The van der Waals surface area contributed by atoms with Crippen molar-refractivity contribution in [3.05, 3.63) is 30.1 Å². The minimum Gasteiger partial charge on any atom is -0.346 e. The standard InChI is InChI=1S/C8H9BrN2O/c9-8(12)11-6-3-7-1-4-10-5-2-7/h1-2,4-5H,3,6H2,(H,11,12). The molecule has 3 nitrogen and oxygen atoms in total. The minimum atomic E-state index is -0.170. The first-order chi connectivity index (χ1) is 5.79. The van der Waals surface area contributed by atoms with E-state index in [0.717, 1.165) is 6.42 Å². The van der Waals surface area contributed by atoms with Gasteiger partial charge in [-0.3, -0.25) is 9.78 Å². The number of carbonyl (C=O) groups is 1. The Morgan fingerprint density at radius 1 is 1.50 bits per heavy atom. The maximum atomic E-state index is 10.4. The average molecular weight is 229 g/mol. The van der Waals surface area contributed by atoms with E-state index < -0.39 is 0 Å². The van der Waals surface area contributed by atoms with Crippen LogP contribution in [0.3, 0.4) is 0 Å². The van der Waals surface area contributed by atoms with Crippen LogP contribution < -0.4 is 5.32 Å². The summed E-state index contributed by atoms with van der Waals surface area (Å²) in [4.78, 5) is 14.1. The number of carbonyl (C=O) groups excluding carboxylic acids is 1. The Balaban J connectivity index is 2.29. The third kappa shape index (κ3) is 3.48. The third-order valence-corrected chi connectivity index (χ3v) is 1.71. The highest BCUT2D eigenvalue weighted by molar-refractivity contribution is 9.18. The Morgan fingerprint density at radius 2 is 2.17 bits per heavy atom. The first-order valence-electron chi connectivity index (χ1n) is 3.61. The highest BCUT2D eigenvalue weighted by atomic mass is 79.9. The van der Waals surface area contributed by atoms with Crippen molar-refractivity contribution in [2.45, 2.75) is 6.42 Å². The number of hydrogen-bond donors (Lipinski definition) is 1. The lowest BCUT2D eigenvalue weighted by molar-refractivity contribution is 0.262. The van der Waals surface area contributed by atoms with Crippen LogP contribution in [0.2, 0.25) is 0 Å². The second-order valence-electron chi connectivity index (χ2n) is 2.31. The molecule has 12 heavy (non-hydrogen) atoms. The van der Waals surface area contributed by atoms with Gasteiger partial charge in [0, 0.05) is 34.9 Å². The number of amides is 1. The van der Waals surface area contributed by atoms with Crippen LogP contribution in [0, 0.1) is 0 Å². The fourth-order valence-corrected chi connectivity index (χ4v) is 1.05. The zero-order valence-electron chi connectivity index (χ0n) is 6.46. The predicted molar refractivity (Wildman–Crippen MR) is 50.3 cm³/mol. The number of nitrogens with one attached hydrogen (secondary N) is 1. The Morgan fingerprint density at radius 3 is 2.75 bits per heavy atom. The van der Waals surface area contributed by atoms with Crippen molar-refractivity contribution in [3.63, 3.8) is 0 Å². The molecule has 4 heteroatoms. The van der Waals surface area contributed by atoms with Crippen LogP contribution in [0.15, 0.2) is 24.5 Å². The normalized spacial score (nSPS) is 9.42. The first-order valence-corrected chi connectivity index (χ1v) is 4.40. The van der Waals surface area contributed by atoms with E-state index >= 15 is 0 Å². The van der Waals surface area contributed by atoms with Gasteiger partial charge in [0.15, 0.2) is 0 Å². The van der Waals surface area contributed by atoms with Gasteiger partial charge in [0.05, 0.1) is 0 Å². The third-order valence-electron chi connectivity index (χ3n) is 1.43. The molecular formula is C8H9BrN2O. The number of aromatic nitrogens is 1. The molecular weight excluding hydrogens is 220 g/mol. The lowest BCUT2D eigenvalue weighted by Gasteiger charge is -1.99. The highest BCUT2D eigenvalue weighted by Gasteiger charge is 1.93. The fraction of sp³-hybridized carbons (Fsp3) is 0.250. The SMILES string of the molecule is O=C(Br)NCCc1ccncc1. The first kappa shape index (κ1) is 9.19. The minimum absolute atomic E-state index is 0.170. The van der Waals surface area contributed by atoms with Gasteiger partial charge in [0.1, 0.15) is 0 Å². The number of pyridine rings is 1. The molecule has 0 saturated carbocycles. The number of hydrogen-bond acceptors (Lipinski definition) is 2. The molecule has 0 atom stereocenters. The molecule has 0 radical (unpaired) electrons. The van der Waals surface area contributed by atoms with Gasteiger partial charge in [-0.1, -0.05) is 0 Å². The largest absolute Gasteiger partial charge is 0.346 e. The molecule has 1 heterocycles. The van der Waals surface area contributed by atoms with Gasteiger partial charge >= 0.3 is 0 Å². The summed E-state index contributed by atoms with van der Waals surface area (Å²) in [6.07, 6.45) is 4.32. The summed E-state index contributed by atoms with van der Waals surface area (Å²) in [6, 6.07) is 3.86. The van der Waals surface area contributed by atoms with Crippen LogP contribution in [0.25, 0.3) is 0 Å². The Kier molecular flexibility index (Phi) is 3.73. The van der Waals surface area contributed by atoms with E-state index in [0.29, 0.717) is 6.54 Å². The second-order valence-corrected chi connectivity index (χ2v) is 3.03. The maximum Gasteiger partial charge on any atom is 0.287 e. The van der Waals surface area contributed by atoms with Crippen LogP contribution >= 0.6 is 15.9 Å². The van der Waals surface area contributed by atoms with E-state index in [-0.39, 0.29) is 4.82 Å². The zero-order valence-corrected chi connectivity index (χ0v) is 8.04. The summed E-state index contributed by atoms with van der Waals surface area (Å²) in [5.41, 5.74) is 1.17. The maximum absolute atomic E-state index is 10.4. The average Bonchev–Trinajstić information content (AvgIpc) is 2.05. The van der Waals surface area contributed by atoms with Crippen molar-refractivity contribution in [1.82, 2.24) is 10.3 Å². The molecule has 0 aliphatic rings. The topological polar surface area (TPSA) is 42.0 Å². The number of nitrogens with zero attached hydrogens (tertiary/aromatic N) is 1. The molecule has 0 aliphatic carbocycles. The van der Waals surface area contributed by atoms with Crippen LogP contribution in [0.5, 0.6) is 0 Å². The molecule has 1 aromatic rings. The Hall–Kier alpha value is -0.900. The summed E-state index contributed by atoms with van der Waals surface area (Å²) in [5, 5.41) is 2.65. The van der Waals surface area contributed by atoms with E-state index in [2.05, 4.69) is 26.2 Å². The van der Waals surface area contributed by atoms with Gasteiger partial charge in [-0.05, 0) is 24.1 Å². The molecule has 0 fully saturated rings. The van der Waals surface area contributed by atoms with Crippen LogP contribution in [-0.2, 0) is 6.42 Å². The highest BCUT2D eigenvalue weighted by Crippen LogP contribution is 1.96. The monoisotopic (exact) mass is 228 g/mol. The molecule has 0 saturated heterocycles. The quantitative estimate of drug-likeness (QED) is 0.633. The lowest BCUT2D eigenvalue weighted by Crippen LogP contribution is -2.18. The lowest BCUT2D eigenvalue weighted by atomic mass is 10.2. The van der Waals surface area contributed by atoms with Gasteiger partial charge in [0.25, 0.3) is 4.82 Å². The predicted octanol–water partition coefficient (Wildman–Crippen LogP) is 1.73. The van der Waals surface area contributed by atoms with Gasteiger partial charge in [-0.15, -0.1) is 0 Å². The van der Waals surface area contributed by atoms with Gasteiger partial charge < -0.3 is 5.32 Å². The summed E-state index contributed by atoms with van der Waals surface area (Å²) in [5.74, 6) is 0. The van der Waals surface area contributed by atoms with Crippen molar-refractivity contribution in [3.8, 4) is 0 Å². The van der Waals surface area contributed by atoms with Gasteiger partial charge in [-0.2, -0.15) is 0 Å². The number of rotatable bonds is 3. The van der Waals surface area contributed by atoms with Gasteiger partial charge in [-0.25, -0.2) is 0 Å². The Labute approximate surface area is 79.3 Å². The smallest absolute Gasteiger partial charge is 0.287 e. The van der Waals surface area contributed by atoms with Crippen molar-refractivity contribution in [1.29, 1.82) is 0 Å². The van der Waals surface area contributed by atoms with Gasteiger partial charge in [0.2, 0.25) is 0 Å². The van der Waals surface area contributed by atoms with E-state index in [1.54, 1.807) is 12.4 Å². The van der Waals surface area contributed by atoms with E-state index in [1.807, 2.05) is 12.1 Å². The van der Waals surface area contributed by atoms with Crippen molar-refractivity contribution < 1.29 is 4.79 Å². The van der Waals surface area contributed by atoms with Crippen molar-refractivity contribution in [2.24, 2.45) is 0 Å². The molecule has 0 aromatic carbocycles. The second kappa shape index (κ2) is 4.87. The van der Waals surface area contributed by atoms with Crippen LogP contribution in [-0.4, -0.2) is 16.3 Å². The van der Waals surface area contributed by atoms with E-state index in [1.165, 1.54) is 5.56 Å². The molecule has 0 unspecified atom stereocenters.